The summed E-state index contributed by atoms with van der Waals surface area (Å²) >= 11 is 0. The number of hydrogen-bond acceptors (Lipinski definition) is 4. The van der Waals surface area contributed by atoms with E-state index >= 15 is 0 Å². The Labute approximate surface area is 100 Å². The van der Waals surface area contributed by atoms with Gasteiger partial charge in [0.1, 0.15) is 0 Å². The highest BCUT2D eigenvalue weighted by Gasteiger charge is 2.56. The summed E-state index contributed by atoms with van der Waals surface area (Å²) in [5.41, 5.74) is -2.62. The monoisotopic (exact) mass is 246 g/mol. The smallest absolute Gasteiger partial charge is 0.356 e. The van der Waals surface area contributed by atoms with Gasteiger partial charge < -0.3 is 9.47 Å². The quantitative estimate of drug-likeness (QED) is 0.550. The van der Waals surface area contributed by atoms with Crippen molar-refractivity contribution >= 4 is 11.9 Å². The first kappa shape index (κ1) is 13.9. The number of halogens is 1. The summed E-state index contributed by atoms with van der Waals surface area (Å²) in [6.45, 7) is 3.27. The molecular formula is C12H19FO4. The molecule has 1 aliphatic carbocycles. The first-order valence-corrected chi connectivity index (χ1v) is 6.10. The highest BCUT2D eigenvalue weighted by molar-refractivity contribution is 6.04. The van der Waals surface area contributed by atoms with Crippen molar-refractivity contribution in [3.05, 3.63) is 0 Å². The lowest BCUT2D eigenvalue weighted by atomic mass is 9.87. The van der Waals surface area contributed by atoms with Gasteiger partial charge in [0.05, 0.1) is 13.2 Å². The van der Waals surface area contributed by atoms with Crippen molar-refractivity contribution in [2.75, 3.05) is 13.2 Å². The van der Waals surface area contributed by atoms with Crippen LogP contribution in [0.2, 0.25) is 0 Å². The van der Waals surface area contributed by atoms with Crippen LogP contribution in [-0.2, 0) is 19.1 Å². The lowest BCUT2D eigenvalue weighted by molar-refractivity contribution is -0.179. The third-order valence-electron chi connectivity index (χ3n) is 3.06. The van der Waals surface area contributed by atoms with Gasteiger partial charge in [-0.15, -0.1) is 0 Å². The summed E-state index contributed by atoms with van der Waals surface area (Å²) in [5, 5.41) is 0. The zero-order chi connectivity index (χ0) is 12.9. The van der Waals surface area contributed by atoms with E-state index in [1.54, 1.807) is 13.8 Å². The van der Waals surface area contributed by atoms with E-state index in [1.807, 2.05) is 0 Å². The third-order valence-corrected chi connectivity index (χ3v) is 3.06. The van der Waals surface area contributed by atoms with Crippen LogP contribution < -0.4 is 0 Å². The summed E-state index contributed by atoms with van der Waals surface area (Å²) in [4.78, 5) is 23.3. The molecule has 0 spiro atoms. The van der Waals surface area contributed by atoms with Gasteiger partial charge in [-0.3, -0.25) is 0 Å². The Morgan fingerprint density at radius 2 is 1.53 bits per heavy atom. The van der Waals surface area contributed by atoms with Crippen molar-refractivity contribution in [2.45, 2.75) is 45.2 Å². The van der Waals surface area contributed by atoms with Gasteiger partial charge in [0.25, 0.3) is 0 Å². The molecular weight excluding hydrogens is 227 g/mol. The third kappa shape index (κ3) is 2.76. The number of carbonyl (C=O) groups excluding carboxylic acids is 2. The number of hydrogen-bond donors (Lipinski definition) is 0. The van der Waals surface area contributed by atoms with E-state index in [1.165, 1.54) is 0 Å². The normalized spacial score (nSPS) is 16.9. The van der Waals surface area contributed by atoms with Crippen molar-refractivity contribution in [3.8, 4) is 0 Å². The standard InChI is InChI=1S/C12H19FO4/c1-3-16-10(14)12(13,11(15)17-4-2)9-7-5-6-8-9/h9H,3-8H2,1-2H3. The van der Waals surface area contributed by atoms with Gasteiger partial charge in [-0.1, -0.05) is 12.8 Å². The second-order valence-corrected chi connectivity index (χ2v) is 4.13. The number of ether oxygens (including phenoxy) is 2. The van der Waals surface area contributed by atoms with Gasteiger partial charge >= 0.3 is 17.6 Å². The molecule has 0 aromatic carbocycles. The fourth-order valence-electron chi connectivity index (χ4n) is 2.21. The maximum Gasteiger partial charge on any atom is 0.356 e. The van der Waals surface area contributed by atoms with Gasteiger partial charge in [-0.2, -0.15) is 0 Å². The molecule has 0 saturated heterocycles. The van der Waals surface area contributed by atoms with E-state index in [4.69, 9.17) is 0 Å². The lowest BCUT2D eigenvalue weighted by Crippen LogP contribution is -2.50. The van der Waals surface area contributed by atoms with Crippen LogP contribution in [0.25, 0.3) is 0 Å². The summed E-state index contributed by atoms with van der Waals surface area (Å²) in [6.07, 6.45) is 2.70. The van der Waals surface area contributed by atoms with Gasteiger partial charge in [-0.05, 0) is 26.7 Å². The van der Waals surface area contributed by atoms with E-state index < -0.39 is 23.5 Å². The molecule has 98 valence electrons. The number of esters is 2. The highest BCUT2D eigenvalue weighted by atomic mass is 19.1. The van der Waals surface area contributed by atoms with Crippen molar-refractivity contribution in [2.24, 2.45) is 5.92 Å². The molecule has 0 atom stereocenters. The van der Waals surface area contributed by atoms with E-state index in [-0.39, 0.29) is 13.2 Å². The lowest BCUT2D eigenvalue weighted by Gasteiger charge is -2.26. The Bertz CT molecular complexity index is 266. The number of alkyl halides is 1. The maximum atomic E-state index is 14.7. The SMILES string of the molecule is CCOC(=O)C(F)(C(=O)OCC)C1CCCC1. The molecule has 17 heavy (non-hydrogen) atoms. The maximum absolute atomic E-state index is 14.7. The molecule has 0 aliphatic heterocycles. The topological polar surface area (TPSA) is 52.6 Å². The minimum absolute atomic E-state index is 0.0522. The van der Waals surface area contributed by atoms with Crippen LogP contribution in [0.3, 0.4) is 0 Å². The molecule has 1 saturated carbocycles. The molecule has 0 radical (unpaired) electrons. The molecule has 0 heterocycles. The largest absolute Gasteiger partial charge is 0.463 e. The predicted molar refractivity (Wildman–Crippen MR) is 59.1 cm³/mol. The first-order chi connectivity index (χ1) is 8.07. The molecule has 0 bridgehead atoms. The van der Waals surface area contributed by atoms with Crippen LogP contribution in [0.1, 0.15) is 39.5 Å². The van der Waals surface area contributed by atoms with E-state index in [0.717, 1.165) is 12.8 Å². The number of carbonyl (C=O) groups is 2. The second kappa shape index (κ2) is 5.98. The second-order valence-electron chi connectivity index (χ2n) is 4.13. The zero-order valence-corrected chi connectivity index (χ0v) is 10.3. The molecule has 0 unspecified atom stereocenters. The Kier molecular flexibility index (Phi) is 4.90. The van der Waals surface area contributed by atoms with E-state index in [9.17, 15) is 14.0 Å². The molecule has 0 aromatic rings. The Morgan fingerprint density at radius 1 is 1.12 bits per heavy atom. The fourth-order valence-corrected chi connectivity index (χ4v) is 2.21. The van der Waals surface area contributed by atoms with Crippen molar-refractivity contribution in [1.82, 2.24) is 0 Å². The number of rotatable bonds is 5. The van der Waals surface area contributed by atoms with Crippen LogP contribution in [0.5, 0.6) is 0 Å². The Hall–Kier alpha value is -1.13. The predicted octanol–water partition coefficient (Wildman–Crippen LogP) is 2.01. The molecule has 1 aliphatic rings. The molecule has 0 aromatic heterocycles. The van der Waals surface area contributed by atoms with Gasteiger partial charge in [0, 0.05) is 5.92 Å². The molecule has 5 heteroatoms. The molecule has 0 amide bonds. The van der Waals surface area contributed by atoms with Crippen molar-refractivity contribution < 1.29 is 23.5 Å². The first-order valence-electron chi connectivity index (χ1n) is 6.10. The van der Waals surface area contributed by atoms with Crippen LogP contribution in [0.4, 0.5) is 4.39 Å². The highest BCUT2D eigenvalue weighted by Crippen LogP contribution is 2.38. The molecule has 1 rings (SSSR count). The summed E-state index contributed by atoms with van der Waals surface area (Å²) < 4.78 is 24.1. The summed E-state index contributed by atoms with van der Waals surface area (Å²) in [7, 11) is 0. The van der Waals surface area contributed by atoms with Crippen molar-refractivity contribution in [3.63, 3.8) is 0 Å². The van der Waals surface area contributed by atoms with Gasteiger partial charge in [-0.25, -0.2) is 14.0 Å². The van der Waals surface area contributed by atoms with E-state index in [0.29, 0.717) is 12.8 Å². The van der Waals surface area contributed by atoms with E-state index in [2.05, 4.69) is 9.47 Å². The molecule has 1 fully saturated rings. The van der Waals surface area contributed by atoms with Crippen LogP contribution in [0.15, 0.2) is 0 Å². The van der Waals surface area contributed by atoms with Crippen LogP contribution in [-0.4, -0.2) is 30.8 Å². The van der Waals surface area contributed by atoms with Crippen LogP contribution in [0, 0.1) is 5.92 Å². The zero-order valence-electron chi connectivity index (χ0n) is 10.3. The molecule has 0 N–H and O–H groups in total. The summed E-state index contributed by atoms with van der Waals surface area (Å²) in [5.74, 6) is -2.82. The van der Waals surface area contributed by atoms with Gasteiger partial charge in [0.15, 0.2) is 0 Å². The molecule has 4 nitrogen and oxygen atoms in total. The Balaban J connectivity index is 2.89. The van der Waals surface area contributed by atoms with Gasteiger partial charge in [0.2, 0.25) is 0 Å². The minimum Gasteiger partial charge on any atom is -0.463 e. The van der Waals surface area contributed by atoms with Crippen molar-refractivity contribution in [1.29, 1.82) is 0 Å². The summed E-state index contributed by atoms with van der Waals surface area (Å²) in [6, 6.07) is 0. The fraction of sp³-hybridized carbons (Fsp3) is 0.833. The Morgan fingerprint density at radius 3 is 1.88 bits per heavy atom. The average molecular weight is 246 g/mol. The average Bonchev–Trinajstić information content (AvgIpc) is 2.82. The minimum atomic E-state index is -2.62. The van der Waals surface area contributed by atoms with Crippen LogP contribution >= 0.6 is 0 Å².